The molecule has 0 spiro atoms. The van der Waals surface area contributed by atoms with Crippen molar-refractivity contribution in [2.24, 2.45) is 0 Å². The molecule has 0 heterocycles. The molecule has 1 atom stereocenters. The average Bonchev–Trinajstić information content (AvgIpc) is 2.70. The Morgan fingerprint density at radius 3 is 2.29 bits per heavy atom. The molecule has 0 fully saturated rings. The van der Waals surface area contributed by atoms with Crippen LogP contribution in [-0.4, -0.2) is 23.1 Å². The number of phenolic OH excluding ortho intramolecular Hbond substituents is 1. The van der Waals surface area contributed by atoms with Crippen LogP contribution in [0, 0.1) is 0 Å². The summed E-state index contributed by atoms with van der Waals surface area (Å²) >= 11 is 0. The van der Waals surface area contributed by atoms with E-state index in [9.17, 15) is 14.7 Å². The molecule has 0 aliphatic rings. The number of hydrogen-bond acceptors (Lipinski definition) is 4. The number of para-hydroxylation sites is 1. The van der Waals surface area contributed by atoms with Gasteiger partial charge in [0.05, 0.1) is 6.42 Å². The van der Waals surface area contributed by atoms with Gasteiger partial charge in [-0.1, -0.05) is 60.7 Å². The molecule has 0 unspecified atom stereocenters. The fourth-order valence-corrected chi connectivity index (χ4v) is 2.77. The summed E-state index contributed by atoms with van der Waals surface area (Å²) in [5.41, 5.74) is 3.22. The van der Waals surface area contributed by atoms with Gasteiger partial charge in [-0.05, 0) is 36.2 Å². The molecule has 0 bridgehead atoms. The van der Waals surface area contributed by atoms with Crippen molar-refractivity contribution in [2.45, 2.75) is 19.4 Å². The van der Waals surface area contributed by atoms with Crippen LogP contribution in [-0.2, 0) is 20.7 Å². The van der Waals surface area contributed by atoms with Gasteiger partial charge in [-0.2, -0.15) is 0 Å². The highest BCUT2D eigenvalue weighted by molar-refractivity contribution is 5.98. The number of rotatable bonds is 6. The molecule has 5 nitrogen and oxygen atoms in total. The highest BCUT2D eigenvalue weighted by atomic mass is 16.5. The molecule has 0 saturated heterocycles. The van der Waals surface area contributed by atoms with Crippen LogP contribution in [0.25, 0.3) is 11.1 Å². The first-order valence-electron chi connectivity index (χ1n) is 8.95. The molecular formula is C23H21NO4. The Morgan fingerprint density at radius 2 is 1.57 bits per heavy atom. The maximum Gasteiger partial charge on any atom is 0.311 e. The number of aromatic hydroxyl groups is 1. The first-order chi connectivity index (χ1) is 13.5. The molecule has 2 N–H and O–H groups in total. The molecule has 3 aromatic rings. The van der Waals surface area contributed by atoms with Crippen LogP contribution >= 0.6 is 0 Å². The first-order valence-corrected chi connectivity index (χ1v) is 8.95. The second-order valence-electron chi connectivity index (χ2n) is 6.38. The Kier molecular flexibility index (Phi) is 6.07. The Bertz CT molecular complexity index is 952. The third-order valence-electron chi connectivity index (χ3n) is 4.23. The zero-order valence-electron chi connectivity index (χ0n) is 15.5. The minimum atomic E-state index is -0.937. The lowest BCUT2D eigenvalue weighted by molar-refractivity contribution is -0.152. The van der Waals surface area contributed by atoms with E-state index in [1.54, 1.807) is 12.1 Å². The molecule has 28 heavy (non-hydrogen) atoms. The third-order valence-corrected chi connectivity index (χ3v) is 4.23. The van der Waals surface area contributed by atoms with Crippen LogP contribution in [0.15, 0.2) is 78.9 Å². The van der Waals surface area contributed by atoms with Gasteiger partial charge in [0.1, 0.15) is 5.75 Å². The van der Waals surface area contributed by atoms with Crippen LogP contribution in [0.5, 0.6) is 5.75 Å². The molecule has 3 rings (SSSR count). The zero-order chi connectivity index (χ0) is 19.9. The second-order valence-corrected chi connectivity index (χ2v) is 6.38. The van der Waals surface area contributed by atoms with Crippen LogP contribution in [0.4, 0.5) is 5.69 Å². The normalized spacial score (nSPS) is 11.5. The van der Waals surface area contributed by atoms with E-state index in [1.165, 1.54) is 19.1 Å². The summed E-state index contributed by atoms with van der Waals surface area (Å²) in [5, 5.41) is 12.1. The lowest BCUT2D eigenvalue weighted by Gasteiger charge is -2.16. The monoisotopic (exact) mass is 375 g/mol. The highest BCUT2D eigenvalue weighted by Crippen LogP contribution is 2.27. The number of anilines is 1. The van der Waals surface area contributed by atoms with Gasteiger partial charge in [-0.25, -0.2) is 0 Å². The van der Waals surface area contributed by atoms with Crippen molar-refractivity contribution in [1.29, 1.82) is 0 Å². The molecule has 0 aromatic heterocycles. The molecule has 0 radical (unpaired) electrons. The summed E-state index contributed by atoms with van der Waals surface area (Å²) in [6.45, 7) is 1.54. The fourth-order valence-electron chi connectivity index (χ4n) is 2.77. The molecule has 3 aromatic carbocycles. The van der Waals surface area contributed by atoms with E-state index >= 15 is 0 Å². The number of amides is 1. The van der Waals surface area contributed by atoms with Gasteiger partial charge >= 0.3 is 5.97 Å². The van der Waals surface area contributed by atoms with E-state index in [4.69, 9.17) is 4.74 Å². The van der Waals surface area contributed by atoms with Gasteiger partial charge in [0, 0.05) is 11.3 Å². The predicted octanol–water partition coefficient (Wildman–Crippen LogP) is 4.17. The lowest BCUT2D eigenvalue weighted by Crippen LogP contribution is -2.30. The summed E-state index contributed by atoms with van der Waals surface area (Å²) in [6, 6.07) is 23.5. The maximum atomic E-state index is 12.5. The number of carbonyl (C=O) groups is 2. The van der Waals surface area contributed by atoms with Crippen molar-refractivity contribution in [3.63, 3.8) is 0 Å². The van der Waals surface area contributed by atoms with Gasteiger partial charge in [-0.15, -0.1) is 0 Å². The van der Waals surface area contributed by atoms with Crippen molar-refractivity contribution in [3.05, 3.63) is 84.4 Å². The van der Waals surface area contributed by atoms with Gasteiger partial charge in [-0.3, -0.25) is 9.59 Å². The molecule has 0 aliphatic carbocycles. The number of esters is 1. The lowest BCUT2D eigenvalue weighted by atomic mass is 10.0. The van der Waals surface area contributed by atoms with Gasteiger partial charge in [0.2, 0.25) is 0 Å². The number of phenols is 1. The minimum absolute atomic E-state index is 0.0263. The number of benzene rings is 3. The summed E-state index contributed by atoms with van der Waals surface area (Å²) in [5.74, 6) is -0.783. The van der Waals surface area contributed by atoms with Crippen LogP contribution in [0.1, 0.15) is 12.5 Å². The quantitative estimate of drug-likeness (QED) is 0.634. The van der Waals surface area contributed by atoms with Crippen LogP contribution < -0.4 is 5.32 Å². The number of nitrogens with one attached hydrogen (secondary N) is 1. The van der Waals surface area contributed by atoms with Crippen molar-refractivity contribution in [3.8, 4) is 16.9 Å². The molecule has 142 valence electrons. The first kappa shape index (κ1) is 19.2. The Morgan fingerprint density at radius 1 is 0.929 bits per heavy atom. The highest BCUT2D eigenvalue weighted by Gasteiger charge is 2.19. The van der Waals surface area contributed by atoms with Gasteiger partial charge in [0.25, 0.3) is 5.91 Å². The van der Waals surface area contributed by atoms with Crippen molar-refractivity contribution < 1.29 is 19.4 Å². The van der Waals surface area contributed by atoms with E-state index in [0.29, 0.717) is 11.3 Å². The topological polar surface area (TPSA) is 75.6 Å². The van der Waals surface area contributed by atoms with Crippen molar-refractivity contribution in [2.75, 3.05) is 5.32 Å². The zero-order valence-corrected chi connectivity index (χ0v) is 15.5. The number of ether oxygens (including phenoxy) is 1. The standard InChI is InChI=1S/C23H21NO4/c1-16(28-22(26)15-17-11-13-19(25)14-12-17)23(27)24-21-10-6-5-9-20(21)18-7-3-2-4-8-18/h2-14,16,25H,15H2,1H3,(H,24,27)/t16-/m0/s1. The third kappa shape index (κ3) is 4.98. The summed E-state index contributed by atoms with van der Waals surface area (Å²) in [6.07, 6.45) is -0.910. The maximum absolute atomic E-state index is 12.5. The van der Waals surface area contributed by atoms with Crippen molar-refractivity contribution >= 4 is 17.6 Å². The summed E-state index contributed by atoms with van der Waals surface area (Å²) < 4.78 is 5.25. The molecule has 0 saturated carbocycles. The average molecular weight is 375 g/mol. The van der Waals surface area contributed by atoms with E-state index in [2.05, 4.69) is 5.32 Å². The Hall–Kier alpha value is -3.60. The van der Waals surface area contributed by atoms with Gasteiger partial charge < -0.3 is 15.2 Å². The second kappa shape index (κ2) is 8.86. The summed E-state index contributed by atoms with van der Waals surface area (Å²) in [7, 11) is 0. The number of hydrogen-bond donors (Lipinski definition) is 2. The molecular weight excluding hydrogens is 354 g/mol. The van der Waals surface area contributed by atoms with Gasteiger partial charge in [0.15, 0.2) is 6.10 Å². The molecule has 5 heteroatoms. The molecule has 0 aliphatic heterocycles. The predicted molar refractivity (Wildman–Crippen MR) is 108 cm³/mol. The SMILES string of the molecule is C[C@H](OC(=O)Cc1ccc(O)cc1)C(=O)Nc1ccccc1-c1ccccc1. The van der Waals surface area contributed by atoms with E-state index in [-0.39, 0.29) is 12.2 Å². The Balaban J connectivity index is 1.63. The summed E-state index contributed by atoms with van der Waals surface area (Å²) in [4.78, 5) is 24.6. The smallest absolute Gasteiger partial charge is 0.311 e. The van der Waals surface area contributed by atoms with E-state index in [1.807, 2.05) is 54.6 Å². The molecule has 1 amide bonds. The van der Waals surface area contributed by atoms with Crippen LogP contribution in [0.2, 0.25) is 0 Å². The largest absolute Gasteiger partial charge is 0.508 e. The van der Waals surface area contributed by atoms with Crippen molar-refractivity contribution in [1.82, 2.24) is 0 Å². The number of carbonyl (C=O) groups excluding carboxylic acids is 2. The fraction of sp³-hybridized carbons (Fsp3) is 0.130. The Labute approximate surface area is 163 Å². The minimum Gasteiger partial charge on any atom is -0.508 e. The van der Waals surface area contributed by atoms with E-state index in [0.717, 1.165) is 11.1 Å². The van der Waals surface area contributed by atoms with Crippen LogP contribution in [0.3, 0.4) is 0 Å². The van der Waals surface area contributed by atoms with E-state index < -0.39 is 18.0 Å².